The minimum absolute atomic E-state index is 0.409. The van der Waals surface area contributed by atoms with Crippen molar-refractivity contribution in [2.24, 2.45) is 0 Å². The van der Waals surface area contributed by atoms with Gasteiger partial charge in [-0.2, -0.15) is 0 Å². The van der Waals surface area contributed by atoms with Crippen LogP contribution in [0.1, 0.15) is 33.3 Å². The van der Waals surface area contributed by atoms with Crippen LogP contribution in [0.3, 0.4) is 0 Å². The van der Waals surface area contributed by atoms with E-state index in [-0.39, 0.29) is 0 Å². The van der Waals surface area contributed by atoms with Crippen molar-refractivity contribution in [1.29, 1.82) is 0 Å². The number of hydrogen-bond donors (Lipinski definition) is 0. The van der Waals surface area contributed by atoms with Crippen LogP contribution >= 0.6 is 0 Å². The van der Waals surface area contributed by atoms with Crippen molar-refractivity contribution in [2.45, 2.75) is 50.8 Å². The standard InChI is InChI=1S/C13H20BNO3S/c1-9-7-10(11(15-8-9)19(6)16)14-17-12(2,3)13(4,5)18-14/h7-8H,1-6H3. The fraction of sp³-hybridized carbons (Fsp3) is 0.615. The highest BCUT2D eigenvalue weighted by Crippen LogP contribution is 2.36. The Morgan fingerprint density at radius 2 is 1.74 bits per heavy atom. The number of aromatic nitrogens is 1. The van der Waals surface area contributed by atoms with Crippen molar-refractivity contribution in [3.8, 4) is 0 Å². The van der Waals surface area contributed by atoms with Crippen LogP contribution in [0.2, 0.25) is 0 Å². The summed E-state index contributed by atoms with van der Waals surface area (Å²) < 4.78 is 23.8. The van der Waals surface area contributed by atoms with Crippen LogP contribution in [0.15, 0.2) is 17.3 Å². The molecule has 1 aliphatic rings. The smallest absolute Gasteiger partial charge is 0.399 e. The van der Waals surface area contributed by atoms with Crippen LogP contribution in [-0.2, 0) is 20.1 Å². The van der Waals surface area contributed by atoms with E-state index in [2.05, 4.69) is 4.98 Å². The van der Waals surface area contributed by atoms with Gasteiger partial charge in [0.05, 0.1) is 22.0 Å². The molecule has 19 heavy (non-hydrogen) atoms. The first-order valence-electron chi connectivity index (χ1n) is 6.30. The van der Waals surface area contributed by atoms with Gasteiger partial charge in [0.1, 0.15) is 5.03 Å². The van der Waals surface area contributed by atoms with Gasteiger partial charge in [-0.05, 0) is 40.2 Å². The molecule has 2 rings (SSSR count). The Bertz CT molecular complexity index is 515. The zero-order valence-electron chi connectivity index (χ0n) is 12.3. The molecule has 0 aliphatic carbocycles. The van der Waals surface area contributed by atoms with E-state index in [0.29, 0.717) is 5.03 Å². The number of rotatable bonds is 2. The van der Waals surface area contributed by atoms with E-state index < -0.39 is 29.1 Å². The SMILES string of the molecule is Cc1cnc(S(C)=O)c(B2OC(C)(C)C(C)(C)O2)c1. The van der Waals surface area contributed by atoms with Crippen molar-refractivity contribution >= 4 is 23.4 Å². The molecule has 0 saturated carbocycles. The summed E-state index contributed by atoms with van der Waals surface area (Å²) in [6.07, 6.45) is 3.33. The summed E-state index contributed by atoms with van der Waals surface area (Å²) in [5.74, 6) is 0. The van der Waals surface area contributed by atoms with Gasteiger partial charge < -0.3 is 9.31 Å². The topological polar surface area (TPSA) is 48.4 Å². The molecule has 1 aliphatic heterocycles. The van der Waals surface area contributed by atoms with E-state index >= 15 is 0 Å². The number of pyridine rings is 1. The van der Waals surface area contributed by atoms with Crippen LogP contribution < -0.4 is 5.46 Å². The van der Waals surface area contributed by atoms with Gasteiger partial charge in [0.2, 0.25) is 0 Å². The molecule has 1 aromatic rings. The van der Waals surface area contributed by atoms with Gasteiger partial charge in [-0.15, -0.1) is 0 Å². The van der Waals surface area contributed by atoms with Crippen molar-refractivity contribution in [3.63, 3.8) is 0 Å². The lowest BCUT2D eigenvalue weighted by molar-refractivity contribution is 0.00578. The Morgan fingerprint density at radius 3 is 2.21 bits per heavy atom. The first-order chi connectivity index (χ1) is 8.64. The summed E-state index contributed by atoms with van der Waals surface area (Å²) in [7, 11) is -1.68. The lowest BCUT2D eigenvalue weighted by atomic mass is 9.80. The molecular formula is C13H20BNO3S. The van der Waals surface area contributed by atoms with Crippen LogP contribution in [0, 0.1) is 6.92 Å². The van der Waals surface area contributed by atoms with Crippen LogP contribution in [0.25, 0.3) is 0 Å². The third-order valence-electron chi connectivity index (χ3n) is 3.80. The Morgan fingerprint density at radius 1 is 1.21 bits per heavy atom. The fourth-order valence-corrected chi connectivity index (χ4v) is 2.65. The summed E-state index contributed by atoms with van der Waals surface area (Å²) in [6, 6.07) is 1.94. The van der Waals surface area contributed by atoms with Gasteiger partial charge in [0.15, 0.2) is 0 Å². The quantitative estimate of drug-likeness (QED) is 0.769. The van der Waals surface area contributed by atoms with Gasteiger partial charge in [0.25, 0.3) is 0 Å². The first-order valence-corrected chi connectivity index (χ1v) is 7.85. The molecule has 1 fully saturated rings. The van der Waals surface area contributed by atoms with E-state index in [4.69, 9.17) is 9.31 Å². The van der Waals surface area contributed by atoms with Gasteiger partial charge in [-0.3, -0.25) is 4.21 Å². The molecule has 1 atom stereocenters. The lowest BCUT2D eigenvalue weighted by Gasteiger charge is -2.32. The predicted octanol–water partition coefficient (Wildman–Crippen LogP) is 1.43. The van der Waals surface area contributed by atoms with Crippen LogP contribution in [0.4, 0.5) is 0 Å². The second kappa shape index (κ2) is 4.68. The van der Waals surface area contributed by atoms with Crippen molar-refractivity contribution < 1.29 is 13.5 Å². The monoisotopic (exact) mass is 281 g/mol. The van der Waals surface area contributed by atoms with E-state index in [1.54, 1.807) is 12.5 Å². The minimum Gasteiger partial charge on any atom is -0.399 e. The summed E-state index contributed by atoms with van der Waals surface area (Å²) in [5, 5.41) is 0.532. The molecular weight excluding hydrogens is 261 g/mol. The summed E-state index contributed by atoms with van der Waals surface area (Å²) in [6.45, 7) is 9.94. The van der Waals surface area contributed by atoms with Gasteiger partial charge >= 0.3 is 7.12 Å². The second-order valence-corrected chi connectivity index (χ2v) is 7.24. The number of nitrogens with zero attached hydrogens (tertiary/aromatic N) is 1. The molecule has 6 heteroatoms. The Balaban J connectivity index is 2.44. The molecule has 4 nitrogen and oxygen atoms in total. The zero-order valence-corrected chi connectivity index (χ0v) is 13.1. The van der Waals surface area contributed by atoms with Crippen LogP contribution in [-0.4, -0.2) is 33.8 Å². The summed E-state index contributed by atoms with van der Waals surface area (Å²) >= 11 is 0. The number of hydrogen-bond acceptors (Lipinski definition) is 4. The van der Waals surface area contributed by atoms with Crippen LogP contribution in [0.5, 0.6) is 0 Å². The number of aryl methyl sites for hydroxylation is 1. The summed E-state index contributed by atoms with van der Waals surface area (Å²) in [5.41, 5.74) is 0.945. The van der Waals surface area contributed by atoms with E-state index in [1.165, 1.54) is 0 Å². The maximum Gasteiger partial charge on any atom is 0.497 e. The molecule has 2 heterocycles. The Hall–Kier alpha value is -0.715. The lowest BCUT2D eigenvalue weighted by Crippen LogP contribution is -2.41. The highest BCUT2D eigenvalue weighted by atomic mass is 32.2. The van der Waals surface area contributed by atoms with Crippen molar-refractivity contribution in [1.82, 2.24) is 4.98 Å². The average Bonchev–Trinajstić information content (AvgIpc) is 2.47. The Labute approximate surface area is 117 Å². The maximum absolute atomic E-state index is 11.8. The molecule has 1 unspecified atom stereocenters. The van der Waals surface area contributed by atoms with Gasteiger partial charge in [-0.25, -0.2) is 4.98 Å². The molecule has 0 N–H and O–H groups in total. The molecule has 1 saturated heterocycles. The van der Waals surface area contributed by atoms with Crippen molar-refractivity contribution in [2.75, 3.05) is 6.26 Å². The van der Waals surface area contributed by atoms with E-state index in [9.17, 15) is 4.21 Å². The molecule has 104 valence electrons. The van der Waals surface area contributed by atoms with E-state index in [1.807, 2.05) is 40.7 Å². The van der Waals surface area contributed by atoms with Crippen molar-refractivity contribution in [3.05, 3.63) is 17.8 Å². The minimum atomic E-state index is -1.17. The average molecular weight is 281 g/mol. The summed E-state index contributed by atoms with van der Waals surface area (Å²) in [4.78, 5) is 4.26. The third-order valence-corrected chi connectivity index (χ3v) is 4.68. The molecule has 0 aromatic carbocycles. The largest absolute Gasteiger partial charge is 0.497 e. The molecule has 0 amide bonds. The maximum atomic E-state index is 11.8. The normalized spacial score (nSPS) is 22.5. The van der Waals surface area contributed by atoms with Gasteiger partial charge in [0, 0.05) is 17.9 Å². The zero-order chi connectivity index (χ0) is 14.4. The Kier molecular flexibility index (Phi) is 3.62. The second-order valence-electron chi connectivity index (χ2n) is 5.95. The highest BCUT2D eigenvalue weighted by molar-refractivity contribution is 7.84. The first kappa shape index (κ1) is 14.7. The molecule has 0 bridgehead atoms. The highest BCUT2D eigenvalue weighted by Gasteiger charge is 2.52. The fourth-order valence-electron chi connectivity index (χ4n) is 1.96. The van der Waals surface area contributed by atoms with Gasteiger partial charge in [-0.1, -0.05) is 6.07 Å². The molecule has 0 radical (unpaired) electrons. The molecule has 1 aromatic heterocycles. The molecule has 0 spiro atoms. The van der Waals surface area contributed by atoms with E-state index in [0.717, 1.165) is 11.0 Å². The third kappa shape index (κ3) is 2.62. The predicted molar refractivity (Wildman–Crippen MR) is 77.0 cm³/mol.